The van der Waals surface area contributed by atoms with Crippen LogP contribution in [-0.2, 0) is 13.6 Å². The molecule has 9 heteroatoms. The summed E-state index contributed by atoms with van der Waals surface area (Å²) in [5.41, 5.74) is 2.09. The van der Waals surface area contributed by atoms with E-state index >= 15 is 0 Å². The van der Waals surface area contributed by atoms with E-state index in [0.29, 0.717) is 11.4 Å². The fraction of sp³-hybridized carbons (Fsp3) is 0.235. The van der Waals surface area contributed by atoms with Crippen molar-refractivity contribution < 1.29 is 8.78 Å². The molecule has 1 atom stereocenters. The molecule has 1 aliphatic heterocycles. The number of rotatable bonds is 4. The van der Waals surface area contributed by atoms with Gasteiger partial charge in [0.1, 0.15) is 17.5 Å². The number of aromatic nitrogens is 4. The summed E-state index contributed by atoms with van der Waals surface area (Å²) in [5.74, 6) is -1.32. The van der Waals surface area contributed by atoms with Crippen molar-refractivity contribution in [3.05, 3.63) is 59.6 Å². The van der Waals surface area contributed by atoms with E-state index < -0.39 is 17.4 Å². The molecule has 0 amide bonds. The van der Waals surface area contributed by atoms with Gasteiger partial charge >= 0.3 is 0 Å². The number of halogens is 2. The van der Waals surface area contributed by atoms with Gasteiger partial charge in [0.2, 0.25) is 5.79 Å². The fourth-order valence-corrected chi connectivity index (χ4v) is 2.92. The first-order valence-electron chi connectivity index (χ1n) is 8.01. The molecule has 0 aliphatic carbocycles. The van der Waals surface area contributed by atoms with Crippen LogP contribution in [0.3, 0.4) is 0 Å². The Labute approximate surface area is 148 Å². The van der Waals surface area contributed by atoms with Crippen molar-refractivity contribution in [3.8, 4) is 0 Å². The van der Waals surface area contributed by atoms with Gasteiger partial charge in [0.15, 0.2) is 0 Å². The van der Waals surface area contributed by atoms with Crippen molar-refractivity contribution in [1.29, 1.82) is 0 Å². The van der Waals surface area contributed by atoms with Gasteiger partial charge in [-0.05, 0) is 24.6 Å². The second-order valence-corrected chi connectivity index (χ2v) is 6.37. The second kappa shape index (κ2) is 5.94. The number of aliphatic imine (C=N–C) groups is 1. The van der Waals surface area contributed by atoms with Crippen molar-refractivity contribution in [2.75, 3.05) is 10.6 Å². The van der Waals surface area contributed by atoms with Crippen LogP contribution in [0, 0.1) is 11.6 Å². The summed E-state index contributed by atoms with van der Waals surface area (Å²) in [5, 5.41) is 15.0. The Hall–Kier alpha value is -3.23. The van der Waals surface area contributed by atoms with E-state index in [9.17, 15) is 8.78 Å². The Balaban J connectivity index is 1.59. The van der Waals surface area contributed by atoms with Crippen LogP contribution in [0.5, 0.6) is 0 Å². The number of nitrogens with zero attached hydrogens (tertiary/aromatic N) is 5. The van der Waals surface area contributed by atoms with Crippen LogP contribution >= 0.6 is 0 Å². The highest BCUT2D eigenvalue weighted by molar-refractivity contribution is 5.89. The second-order valence-electron chi connectivity index (χ2n) is 6.37. The smallest absolute Gasteiger partial charge is 0.203 e. The largest absolute Gasteiger partial charge is 0.342 e. The molecule has 0 radical (unpaired) electrons. The highest BCUT2D eigenvalue weighted by Gasteiger charge is 2.29. The molecule has 2 N–H and O–H groups in total. The fourth-order valence-electron chi connectivity index (χ4n) is 2.92. The van der Waals surface area contributed by atoms with Gasteiger partial charge in [-0.1, -0.05) is 0 Å². The van der Waals surface area contributed by atoms with Crippen molar-refractivity contribution in [1.82, 2.24) is 19.6 Å². The highest BCUT2D eigenvalue weighted by atomic mass is 19.1. The predicted molar refractivity (Wildman–Crippen MR) is 94.1 cm³/mol. The SMILES string of the molecule is Cn1cc(NC2(C)N=Cc3cnn(Cc4cc(F)cc(F)c4)c3N2)cn1. The minimum Gasteiger partial charge on any atom is -0.342 e. The van der Waals surface area contributed by atoms with Crippen molar-refractivity contribution in [2.24, 2.45) is 12.0 Å². The Kier molecular flexibility index (Phi) is 3.71. The zero-order chi connectivity index (χ0) is 18.3. The Morgan fingerprint density at radius 1 is 1.15 bits per heavy atom. The molecular weight excluding hydrogens is 340 g/mol. The summed E-state index contributed by atoms with van der Waals surface area (Å²) in [6, 6.07) is 3.43. The average Bonchev–Trinajstić information content (AvgIpc) is 3.12. The molecule has 0 fully saturated rings. The van der Waals surface area contributed by atoms with Gasteiger partial charge in [-0.25, -0.2) is 18.5 Å². The molecule has 3 heterocycles. The van der Waals surface area contributed by atoms with E-state index in [2.05, 4.69) is 25.8 Å². The molecule has 134 valence electrons. The van der Waals surface area contributed by atoms with Crippen molar-refractivity contribution >= 4 is 17.7 Å². The van der Waals surface area contributed by atoms with E-state index in [1.807, 2.05) is 20.2 Å². The summed E-state index contributed by atoms with van der Waals surface area (Å²) in [6.45, 7) is 2.10. The van der Waals surface area contributed by atoms with Crippen molar-refractivity contribution in [2.45, 2.75) is 19.3 Å². The molecule has 4 rings (SSSR count). The van der Waals surface area contributed by atoms with Gasteiger partial charge < -0.3 is 10.6 Å². The van der Waals surface area contributed by atoms with E-state index in [-0.39, 0.29) is 6.54 Å². The standard InChI is InChI=1S/C17H17F2N7/c1-17(23-15-8-21-25(2)10-15)20-6-12-7-22-26(16(12)24-17)9-11-3-13(18)5-14(19)4-11/h3-8,10,23-24H,9H2,1-2H3. The van der Waals surface area contributed by atoms with Gasteiger partial charge in [0.05, 0.1) is 30.2 Å². The topological polar surface area (TPSA) is 72.1 Å². The molecule has 3 aromatic rings. The highest BCUT2D eigenvalue weighted by Crippen LogP contribution is 2.27. The monoisotopic (exact) mass is 357 g/mol. The first-order valence-corrected chi connectivity index (χ1v) is 8.01. The minimum absolute atomic E-state index is 0.230. The first-order chi connectivity index (χ1) is 12.4. The summed E-state index contributed by atoms with van der Waals surface area (Å²) in [7, 11) is 1.83. The normalized spacial score (nSPS) is 18.5. The van der Waals surface area contributed by atoms with Gasteiger partial charge in [-0.2, -0.15) is 10.2 Å². The molecule has 0 saturated heterocycles. The number of aryl methyl sites for hydroxylation is 1. The Morgan fingerprint density at radius 3 is 2.62 bits per heavy atom. The van der Waals surface area contributed by atoms with E-state index in [4.69, 9.17) is 0 Å². The minimum atomic E-state index is -0.805. The number of benzene rings is 1. The maximum Gasteiger partial charge on any atom is 0.203 e. The number of hydrogen-bond donors (Lipinski definition) is 2. The third kappa shape index (κ3) is 3.15. The average molecular weight is 357 g/mol. The molecule has 26 heavy (non-hydrogen) atoms. The molecule has 2 aromatic heterocycles. The maximum atomic E-state index is 13.4. The number of hydrogen-bond acceptors (Lipinski definition) is 5. The zero-order valence-corrected chi connectivity index (χ0v) is 14.2. The molecule has 1 aliphatic rings. The molecule has 0 spiro atoms. The predicted octanol–water partition coefficient (Wildman–Crippen LogP) is 2.57. The lowest BCUT2D eigenvalue weighted by molar-refractivity contribution is 0.570. The third-order valence-electron chi connectivity index (χ3n) is 4.04. The van der Waals surface area contributed by atoms with Crippen LogP contribution in [0.2, 0.25) is 0 Å². The number of anilines is 2. The lowest BCUT2D eigenvalue weighted by Crippen LogP contribution is -2.43. The molecule has 1 unspecified atom stereocenters. The van der Waals surface area contributed by atoms with Crippen LogP contribution in [-0.4, -0.2) is 31.6 Å². The quantitative estimate of drug-likeness (QED) is 0.753. The third-order valence-corrected chi connectivity index (χ3v) is 4.04. The van der Waals surface area contributed by atoms with Gasteiger partial charge in [-0.3, -0.25) is 4.68 Å². The Bertz CT molecular complexity index is 971. The lowest BCUT2D eigenvalue weighted by Gasteiger charge is -2.32. The molecule has 7 nitrogen and oxygen atoms in total. The van der Waals surface area contributed by atoms with Crippen LogP contribution in [0.1, 0.15) is 18.1 Å². The van der Waals surface area contributed by atoms with Crippen LogP contribution in [0.4, 0.5) is 20.3 Å². The van der Waals surface area contributed by atoms with Gasteiger partial charge in [-0.15, -0.1) is 0 Å². The van der Waals surface area contributed by atoms with Crippen LogP contribution < -0.4 is 10.6 Å². The lowest BCUT2D eigenvalue weighted by atomic mass is 10.2. The number of nitrogens with one attached hydrogen (secondary N) is 2. The molecule has 0 saturated carbocycles. The summed E-state index contributed by atoms with van der Waals surface area (Å²) in [6.07, 6.45) is 6.91. The summed E-state index contributed by atoms with van der Waals surface area (Å²) < 4.78 is 30.2. The van der Waals surface area contributed by atoms with Crippen LogP contribution in [0.25, 0.3) is 0 Å². The van der Waals surface area contributed by atoms with Gasteiger partial charge in [0, 0.05) is 25.5 Å². The van der Waals surface area contributed by atoms with E-state index in [0.717, 1.165) is 17.3 Å². The van der Waals surface area contributed by atoms with E-state index in [1.165, 1.54) is 12.1 Å². The molecule has 1 aromatic carbocycles. The van der Waals surface area contributed by atoms with Gasteiger partial charge in [0.25, 0.3) is 0 Å². The van der Waals surface area contributed by atoms with Crippen LogP contribution in [0.15, 0.2) is 41.8 Å². The number of fused-ring (bicyclic) bond motifs is 1. The summed E-state index contributed by atoms with van der Waals surface area (Å²) in [4.78, 5) is 4.50. The zero-order valence-electron chi connectivity index (χ0n) is 14.2. The first kappa shape index (κ1) is 16.2. The van der Waals surface area contributed by atoms with E-state index in [1.54, 1.807) is 28.0 Å². The van der Waals surface area contributed by atoms with Crippen molar-refractivity contribution in [3.63, 3.8) is 0 Å². The Morgan fingerprint density at radius 2 is 1.92 bits per heavy atom. The summed E-state index contributed by atoms with van der Waals surface area (Å²) >= 11 is 0. The molecular formula is C17H17F2N7. The maximum absolute atomic E-state index is 13.4. The molecule has 0 bridgehead atoms.